The Kier molecular flexibility index (Phi) is 4.75. The van der Waals surface area contributed by atoms with Crippen molar-refractivity contribution in [2.24, 2.45) is 0 Å². The van der Waals surface area contributed by atoms with Crippen molar-refractivity contribution in [1.82, 2.24) is 14.8 Å². The first-order valence-corrected chi connectivity index (χ1v) is 9.22. The molecule has 0 radical (unpaired) electrons. The van der Waals surface area contributed by atoms with Gasteiger partial charge in [-0.15, -0.1) is 6.58 Å². The van der Waals surface area contributed by atoms with E-state index >= 15 is 0 Å². The third kappa shape index (κ3) is 3.32. The second-order valence-electron chi connectivity index (χ2n) is 6.55. The number of halogens is 1. The second kappa shape index (κ2) is 7.37. The number of nitrogens with one attached hydrogen (secondary N) is 1. The van der Waals surface area contributed by atoms with Gasteiger partial charge in [0.15, 0.2) is 0 Å². The number of nitrogens with zero attached hydrogens (tertiary/aromatic N) is 2. The normalized spacial score (nSPS) is 15.5. The van der Waals surface area contributed by atoms with Crippen LogP contribution in [-0.4, -0.2) is 21.4 Å². The predicted octanol–water partition coefficient (Wildman–Crippen LogP) is 4.57. The third-order valence-electron chi connectivity index (χ3n) is 4.66. The molecule has 3 aromatic rings. The fourth-order valence-corrected chi connectivity index (χ4v) is 3.45. The Morgan fingerprint density at radius 1 is 1.07 bits per heavy atom. The van der Waals surface area contributed by atoms with Gasteiger partial charge >= 0.3 is 6.03 Å². The van der Waals surface area contributed by atoms with Gasteiger partial charge in [0.25, 0.3) is 5.91 Å². The molecule has 1 saturated heterocycles. The van der Waals surface area contributed by atoms with E-state index in [0.29, 0.717) is 11.6 Å². The van der Waals surface area contributed by atoms with Crippen LogP contribution >= 0.6 is 11.6 Å². The molecule has 28 heavy (non-hydrogen) atoms. The van der Waals surface area contributed by atoms with Gasteiger partial charge in [-0.1, -0.05) is 48.0 Å². The summed E-state index contributed by atoms with van der Waals surface area (Å²) in [4.78, 5) is 26.3. The van der Waals surface area contributed by atoms with Gasteiger partial charge in [0.1, 0.15) is 5.70 Å². The van der Waals surface area contributed by atoms with Crippen molar-refractivity contribution < 1.29 is 9.59 Å². The summed E-state index contributed by atoms with van der Waals surface area (Å²) in [6.45, 7) is 4.64. The minimum absolute atomic E-state index is 0.192. The molecule has 0 saturated carbocycles. The number of imide groups is 1. The molecule has 1 fully saturated rings. The highest BCUT2D eigenvalue weighted by Crippen LogP contribution is 2.25. The smallest absolute Gasteiger partial charge is 0.329 e. The average molecular weight is 392 g/mol. The monoisotopic (exact) mass is 391 g/mol. The highest BCUT2D eigenvalue weighted by atomic mass is 35.5. The maximum absolute atomic E-state index is 12.8. The SMILES string of the molecule is C=CCn1cc(C=C2NC(=O)N(Cc3ccc(Cl)cc3)C2=O)c2ccccc21. The summed E-state index contributed by atoms with van der Waals surface area (Å²) < 4.78 is 2.06. The molecule has 0 spiro atoms. The fourth-order valence-electron chi connectivity index (χ4n) is 3.32. The van der Waals surface area contributed by atoms with E-state index in [1.807, 2.05) is 36.5 Å². The van der Waals surface area contributed by atoms with E-state index < -0.39 is 6.03 Å². The summed E-state index contributed by atoms with van der Waals surface area (Å²) in [5.41, 5.74) is 3.01. The first-order valence-electron chi connectivity index (χ1n) is 8.84. The zero-order chi connectivity index (χ0) is 19.7. The van der Waals surface area contributed by atoms with Gasteiger partial charge in [0.05, 0.1) is 6.54 Å². The van der Waals surface area contributed by atoms with Gasteiger partial charge in [0.2, 0.25) is 0 Å². The second-order valence-corrected chi connectivity index (χ2v) is 6.98. The van der Waals surface area contributed by atoms with Gasteiger partial charge < -0.3 is 9.88 Å². The summed E-state index contributed by atoms with van der Waals surface area (Å²) in [6, 6.07) is 14.6. The number of fused-ring (bicyclic) bond motifs is 1. The molecule has 2 heterocycles. The van der Waals surface area contributed by atoms with E-state index in [1.54, 1.807) is 30.3 Å². The molecular formula is C22H18ClN3O2. The molecule has 5 nitrogen and oxygen atoms in total. The number of carbonyl (C=O) groups excluding carboxylic acids is 2. The minimum Gasteiger partial charge on any atom is -0.343 e. The minimum atomic E-state index is -0.430. The number of allylic oxidation sites excluding steroid dienone is 1. The number of amides is 3. The lowest BCUT2D eigenvalue weighted by atomic mass is 10.1. The summed E-state index contributed by atoms with van der Waals surface area (Å²) in [5.74, 6) is -0.347. The Hall–Kier alpha value is -3.31. The Balaban J connectivity index is 1.65. The maximum atomic E-state index is 12.8. The van der Waals surface area contributed by atoms with Crippen molar-refractivity contribution in [2.75, 3.05) is 0 Å². The average Bonchev–Trinajstić information content (AvgIpc) is 3.17. The quantitative estimate of drug-likeness (QED) is 0.393. The van der Waals surface area contributed by atoms with E-state index in [9.17, 15) is 9.59 Å². The zero-order valence-corrected chi connectivity index (χ0v) is 15.8. The number of aromatic nitrogens is 1. The number of para-hydroxylation sites is 1. The molecule has 3 amide bonds. The van der Waals surface area contributed by atoms with Crippen molar-refractivity contribution in [3.8, 4) is 0 Å². The van der Waals surface area contributed by atoms with E-state index in [-0.39, 0.29) is 18.1 Å². The number of hydrogen-bond acceptors (Lipinski definition) is 2. The van der Waals surface area contributed by atoms with Crippen molar-refractivity contribution in [2.45, 2.75) is 13.1 Å². The highest BCUT2D eigenvalue weighted by Gasteiger charge is 2.33. The molecule has 1 aliphatic heterocycles. The molecule has 1 N–H and O–H groups in total. The van der Waals surface area contributed by atoms with Gasteiger partial charge in [-0.3, -0.25) is 9.69 Å². The van der Waals surface area contributed by atoms with Crippen LogP contribution in [0.4, 0.5) is 4.79 Å². The summed E-state index contributed by atoms with van der Waals surface area (Å²) in [5, 5.41) is 4.30. The van der Waals surface area contributed by atoms with Crippen LogP contribution in [0, 0.1) is 0 Å². The molecule has 2 aromatic carbocycles. The van der Waals surface area contributed by atoms with Crippen LogP contribution in [0.5, 0.6) is 0 Å². The molecule has 1 aromatic heterocycles. The van der Waals surface area contributed by atoms with Crippen LogP contribution in [0.1, 0.15) is 11.1 Å². The van der Waals surface area contributed by atoms with Crippen LogP contribution in [0.3, 0.4) is 0 Å². The lowest BCUT2D eigenvalue weighted by molar-refractivity contribution is -0.123. The van der Waals surface area contributed by atoms with Crippen molar-refractivity contribution in [1.29, 1.82) is 0 Å². The first-order chi connectivity index (χ1) is 13.6. The van der Waals surface area contributed by atoms with Crippen LogP contribution in [0.15, 0.2) is 73.1 Å². The van der Waals surface area contributed by atoms with Crippen molar-refractivity contribution >= 4 is 40.5 Å². The Labute approximate surface area is 167 Å². The Bertz CT molecular complexity index is 1110. The van der Waals surface area contributed by atoms with Gasteiger partial charge in [-0.25, -0.2) is 4.79 Å². The topological polar surface area (TPSA) is 54.3 Å². The number of rotatable bonds is 5. The maximum Gasteiger partial charge on any atom is 0.329 e. The van der Waals surface area contributed by atoms with Crippen LogP contribution in [0.2, 0.25) is 5.02 Å². The Morgan fingerprint density at radius 2 is 1.82 bits per heavy atom. The van der Waals surface area contributed by atoms with Gasteiger partial charge in [-0.05, 0) is 29.8 Å². The van der Waals surface area contributed by atoms with E-state index in [4.69, 9.17) is 11.6 Å². The highest BCUT2D eigenvalue weighted by molar-refractivity contribution is 6.30. The lowest BCUT2D eigenvalue weighted by Gasteiger charge is -2.11. The molecule has 4 rings (SSSR count). The number of hydrogen-bond donors (Lipinski definition) is 1. The van der Waals surface area contributed by atoms with E-state index in [2.05, 4.69) is 16.5 Å². The summed E-state index contributed by atoms with van der Waals surface area (Å²) in [6.07, 6.45) is 5.50. The third-order valence-corrected chi connectivity index (χ3v) is 4.91. The largest absolute Gasteiger partial charge is 0.343 e. The lowest BCUT2D eigenvalue weighted by Crippen LogP contribution is -2.30. The van der Waals surface area contributed by atoms with Crippen molar-refractivity contribution in [3.63, 3.8) is 0 Å². The predicted molar refractivity (Wildman–Crippen MR) is 111 cm³/mol. The summed E-state index contributed by atoms with van der Waals surface area (Å²) >= 11 is 5.89. The molecule has 0 aliphatic carbocycles. The van der Waals surface area contributed by atoms with Crippen LogP contribution in [0.25, 0.3) is 17.0 Å². The van der Waals surface area contributed by atoms with Crippen LogP contribution in [-0.2, 0) is 17.9 Å². The molecule has 1 aliphatic rings. The van der Waals surface area contributed by atoms with Gasteiger partial charge in [-0.2, -0.15) is 0 Å². The number of urea groups is 1. The van der Waals surface area contributed by atoms with E-state index in [0.717, 1.165) is 22.0 Å². The summed E-state index contributed by atoms with van der Waals surface area (Å²) in [7, 11) is 0. The first kappa shape index (κ1) is 18.1. The van der Waals surface area contributed by atoms with E-state index in [1.165, 1.54) is 4.90 Å². The molecule has 0 unspecified atom stereocenters. The molecular weight excluding hydrogens is 374 g/mol. The molecule has 140 valence electrons. The Morgan fingerprint density at radius 3 is 2.57 bits per heavy atom. The van der Waals surface area contributed by atoms with Crippen molar-refractivity contribution in [3.05, 3.63) is 89.2 Å². The molecule has 0 atom stereocenters. The number of carbonyl (C=O) groups is 2. The standard InChI is InChI=1S/C22H18ClN3O2/c1-2-11-25-14-16(18-5-3-4-6-20(18)25)12-19-21(27)26(22(28)24-19)13-15-7-9-17(23)10-8-15/h2-10,12,14H,1,11,13H2,(H,24,28). The van der Waals surface area contributed by atoms with Crippen LogP contribution < -0.4 is 5.32 Å². The zero-order valence-electron chi connectivity index (χ0n) is 15.1. The molecule has 0 bridgehead atoms. The molecule has 6 heteroatoms. The fraction of sp³-hybridized carbons (Fsp3) is 0.0909. The van der Waals surface area contributed by atoms with Gasteiger partial charge in [0, 0.05) is 34.2 Å². The number of benzene rings is 2.